The Morgan fingerprint density at radius 3 is 2.80 bits per heavy atom. The number of thiophene rings is 1. The second-order valence-electron chi connectivity index (χ2n) is 4.86. The number of fused-ring (bicyclic) bond motifs is 1. The summed E-state index contributed by atoms with van der Waals surface area (Å²) in [6, 6.07) is 10.0. The van der Waals surface area contributed by atoms with Crippen LogP contribution in [0.15, 0.2) is 40.2 Å². The quantitative estimate of drug-likeness (QED) is 0.719. The lowest BCUT2D eigenvalue weighted by Crippen LogP contribution is -2.22. The number of hydrogen-bond acceptors (Lipinski definition) is 5. The third-order valence-corrected chi connectivity index (χ3v) is 4.45. The maximum absolute atomic E-state index is 5.71. The van der Waals surface area contributed by atoms with Crippen LogP contribution in [0.5, 0.6) is 0 Å². The van der Waals surface area contributed by atoms with Gasteiger partial charge in [0.05, 0.1) is 23.5 Å². The van der Waals surface area contributed by atoms with Gasteiger partial charge >= 0.3 is 0 Å². The topological polar surface area (TPSA) is 44.5 Å². The zero-order valence-electron chi connectivity index (χ0n) is 11.0. The number of rotatable bonds is 2. The lowest BCUT2D eigenvalue weighted by Gasteiger charge is -2.22. The molecule has 0 amide bonds. The van der Waals surface area contributed by atoms with Gasteiger partial charge in [0, 0.05) is 5.56 Å². The standard InChI is InChI=1S/C15H13NO3S/c1-15(17-6-7-18-15)10-4-5-12-11(9-10)14(19-16-12)13-3-2-8-20-13/h2-5,8-9H,6-7H2,1H3. The van der Waals surface area contributed by atoms with Crippen LogP contribution in [0, 0.1) is 0 Å². The first-order valence-corrected chi connectivity index (χ1v) is 7.36. The van der Waals surface area contributed by atoms with Crippen molar-refractivity contribution in [3.05, 3.63) is 41.3 Å². The highest BCUT2D eigenvalue weighted by molar-refractivity contribution is 7.13. The van der Waals surface area contributed by atoms with Crippen LogP contribution in [0.2, 0.25) is 0 Å². The van der Waals surface area contributed by atoms with E-state index in [-0.39, 0.29) is 0 Å². The third kappa shape index (κ3) is 1.78. The van der Waals surface area contributed by atoms with Crippen molar-refractivity contribution in [2.45, 2.75) is 12.7 Å². The van der Waals surface area contributed by atoms with Gasteiger partial charge in [0.15, 0.2) is 11.5 Å². The maximum atomic E-state index is 5.71. The highest BCUT2D eigenvalue weighted by Gasteiger charge is 2.33. The third-order valence-electron chi connectivity index (χ3n) is 3.58. The monoisotopic (exact) mass is 287 g/mol. The summed E-state index contributed by atoms with van der Waals surface area (Å²) in [4.78, 5) is 1.07. The number of ether oxygens (including phenoxy) is 2. The van der Waals surface area contributed by atoms with Crippen molar-refractivity contribution in [1.29, 1.82) is 0 Å². The molecule has 1 saturated heterocycles. The van der Waals surface area contributed by atoms with E-state index in [0.29, 0.717) is 13.2 Å². The minimum Gasteiger partial charge on any atom is -0.354 e. The number of hydrogen-bond donors (Lipinski definition) is 0. The van der Waals surface area contributed by atoms with Crippen LogP contribution >= 0.6 is 11.3 Å². The Hall–Kier alpha value is -1.69. The van der Waals surface area contributed by atoms with Crippen molar-refractivity contribution in [3.8, 4) is 10.6 Å². The lowest BCUT2D eigenvalue weighted by atomic mass is 10.0. The predicted molar refractivity (Wildman–Crippen MR) is 76.6 cm³/mol. The molecular weight excluding hydrogens is 274 g/mol. The average molecular weight is 287 g/mol. The van der Waals surface area contributed by atoms with Crippen molar-refractivity contribution < 1.29 is 14.0 Å². The highest BCUT2D eigenvalue weighted by atomic mass is 32.1. The molecule has 1 aliphatic heterocycles. The Labute approximate surface area is 119 Å². The van der Waals surface area contributed by atoms with Crippen molar-refractivity contribution in [3.63, 3.8) is 0 Å². The molecule has 0 aliphatic carbocycles. The predicted octanol–water partition coefficient (Wildman–Crippen LogP) is 3.78. The molecule has 0 spiro atoms. The first-order valence-electron chi connectivity index (χ1n) is 6.48. The fourth-order valence-electron chi connectivity index (χ4n) is 2.49. The zero-order chi connectivity index (χ0) is 13.6. The summed E-state index contributed by atoms with van der Waals surface area (Å²) in [5.41, 5.74) is 1.84. The van der Waals surface area contributed by atoms with E-state index in [1.54, 1.807) is 11.3 Å². The van der Waals surface area contributed by atoms with Gasteiger partial charge in [0.1, 0.15) is 5.52 Å². The Kier molecular flexibility index (Phi) is 2.66. The van der Waals surface area contributed by atoms with Crippen molar-refractivity contribution in [1.82, 2.24) is 5.16 Å². The van der Waals surface area contributed by atoms with Crippen LogP contribution in [0.1, 0.15) is 12.5 Å². The summed E-state index contributed by atoms with van der Waals surface area (Å²) < 4.78 is 16.9. The second-order valence-corrected chi connectivity index (χ2v) is 5.81. The minimum atomic E-state index is -0.668. The van der Waals surface area contributed by atoms with E-state index in [4.69, 9.17) is 14.0 Å². The van der Waals surface area contributed by atoms with Crippen LogP contribution in [0.3, 0.4) is 0 Å². The Morgan fingerprint density at radius 1 is 1.20 bits per heavy atom. The SMILES string of the molecule is CC1(c2ccc3noc(-c4cccs4)c3c2)OCCO1. The lowest BCUT2D eigenvalue weighted by molar-refractivity contribution is -0.149. The molecule has 0 radical (unpaired) electrons. The summed E-state index contributed by atoms with van der Waals surface area (Å²) in [7, 11) is 0. The molecule has 0 saturated carbocycles. The summed E-state index contributed by atoms with van der Waals surface area (Å²) in [6.45, 7) is 3.19. The summed E-state index contributed by atoms with van der Waals surface area (Å²) in [5, 5.41) is 7.13. The van der Waals surface area contributed by atoms with E-state index in [1.807, 2.05) is 42.6 Å². The number of aromatic nitrogens is 1. The van der Waals surface area contributed by atoms with E-state index in [2.05, 4.69) is 5.16 Å². The van der Waals surface area contributed by atoms with Gasteiger partial charge in [-0.1, -0.05) is 17.3 Å². The molecule has 1 aliphatic rings. The average Bonchev–Trinajstić information content (AvgIpc) is 3.17. The van der Waals surface area contributed by atoms with Gasteiger partial charge in [-0.2, -0.15) is 0 Å². The summed E-state index contributed by atoms with van der Waals surface area (Å²) in [6.07, 6.45) is 0. The molecule has 0 unspecified atom stereocenters. The van der Waals surface area contributed by atoms with Crippen LogP contribution in [-0.2, 0) is 15.3 Å². The molecule has 2 aromatic heterocycles. The van der Waals surface area contributed by atoms with Gasteiger partial charge in [0.2, 0.25) is 0 Å². The highest BCUT2D eigenvalue weighted by Crippen LogP contribution is 2.36. The van der Waals surface area contributed by atoms with Crippen molar-refractivity contribution in [2.75, 3.05) is 13.2 Å². The van der Waals surface area contributed by atoms with Crippen LogP contribution < -0.4 is 0 Å². The number of nitrogens with zero attached hydrogens (tertiary/aromatic N) is 1. The van der Waals surface area contributed by atoms with E-state index in [1.165, 1.54) is 0 Å². The van der Waals surface area contributed by atoms with Gasteiger partial charge in [-0.25, -0.2) is 0 Å². The molecule has 1 fully saturated rings. The van der Waals surface area contributed by atoms with Gasteiger partial charge in [0.25, 0.3) is 0 Å². The fourth-order valence-corrected chi connectivity index (χ4v) is 3.21. The van der Waals surface area contributed by atoms with Crippen molar-refractivity contribution >= 4 is 22.2 Å². The molecule has 0 atom stereocenters. The van der Waals surface area contributed by atoms with Gasteiger partial charge < -0.3 is 14.0 Å². The molecule has 4 rings (SSSR count). The van der Waals surface area contributed by atoms with Gasteiger partial charge in [-0.15, -0.1) is 11.3 Å². The van der Waals surface area contributed by atoms with Crippen LogP contribution in [-0.4, -0.2) is 18.4 Å². The van der Waals surface area contributed by atoms with Gasteiger partial charge in [-0.3, -0.25) is 0 Å². The number of benzene rings is 1. The second kappa shape index (κ2) is 4.41. The van der Waals surface area contributed by atoms with E-state index in [0.717, 1.165) is 27.1 Å². The maximum Gasteiger partial charge on any atom is 0.192 e. The molecule has 4 nitrogen and oxygen atoms in total. The van der Waals surface area contributed by atoms with E-state index >= 15 is 0 Å². The largest absolute Gasteiger partial charge is 0.354 e. The van der Waals surface area contributed by atoms with Crippen LogP contribution in [0.25, 0.3) is 21.5 Å². The molecule has 1 aromatic carbocycles. The Balaban J connectivity index is 1.88. The zero-order valence-corrected chi connectivity index (χ0v) is 11.8. The molecule has 3 aromatic rings. The molecule has 102 valence electrons. The summed E-state index contributed by atoms with van der Waals surface area (Å²) >= 11 is 1.64. The normalized spacial score (nSPS) is 17.9. The Bertz CT molecular complexity index is 742. The van der Waals surface area contributed by atoms with Crippen molar-refractivity contribution in [2.24, 2.45) is 0 Å². The molecule has 5 heteroatoms. The van der Waals surface area contributed by atoms with E-state index < -0.39 is 5.79 Å². The minimum absolute atomic E-state index is 0.621. The fraction of sp³-hybridized carbons (Fsp3) is 0.267. The van der Waals surface area contributed by atoms with Crippen LogP contribution in [0.4, 0.5) is 0 Å². The molecular formula is C15H13NO3S. The first-order chi connectivity index (χ1) is 9.76. The summed E-state index contributed by atoms with van der Waals surface area (Å²) in [5.74, 6) is 0.136. The molecule has 0 N–H and O–H groups in total. The Morgan fingerprint density at radius 2 is 2.05 bits per heavy atom. The smallest absolute Gasteiger partial charge is 0.192 e. The molecule has 0 bridgehead atoms. The molecule has 20 heavy (non-hydrogen) atoms. The molecule has 3 heterocycles. The van der Waals surface area contributed by atoms with Gasteiger partial charge in [-0.05, 0) is 30.5 Å². The first kappa shape index (κ1) is 12.1. The van der Waals surface area contributed by atoms with E-state index in [9.17, 15) is 0 Å².